The molecule has 2 aromatic rings. The summed E-state index contributed by atoms with van der Waals surface area (Å²) in [5.41, 5.74) is 2.33. The molecule has 1 aliphatic heterocycles. The van der Waals surface area contributed by atoms with Gasteiger partial charge in [-0.15, -0.1) is 11.3 Å². The Hall–Kier alpha value is -1.20. The fraction of sp³-hybridized carbons (Fsp3) is 0.600. The largest absolute Gasteiger partial charge is 0.369 e. The van der Waals surface area contributed by atoms with Gasteiger partial charge in [0.05, 0.1) is 10.2 Å². The van der Waals surface area contributed by atoms with Crippen molar-refractivity contribution < 1.29 is 0 Å². The third kappa shape index (κ3) is 2.94. The summed E-state index contributed by atoms with van der Waals surface area (Å²) in [6, 6.07) is 0. The highest BCUT2D eigenvalue weighted by Gasteiger charge is 2.16. The molecule has 0 saturated carbocycles. The minimum Gasteiger partial charge on any atom is -0.369 e. The molecule has 3 heterocycles. The van der Waals surface area contributed by atoms with Crippen LogP contribution in [0.4, 0.5) is 5.82 Å². The Morgan fingerprint density at radius 3 is 2.95 bits per heavy atom. The second-order valence-corrected chi connectivity index (χ2v) is 6.66. The molecule has 1 aliphatic rings. The monoisotopic (exact) mass is 290 g/mol. The van der Waals surface area contributed by atoms with E-state index < -0.39 is 0 Å². The average Bonchev–Trinajstić information content (AvgIpc) is 2.84. The van der Waals surface area contributed by atoms with Crippen molar-refractivity contribution in [2.24, 2.45) is 5.92 Å². The first kappa shape index (κ1) is 13.8. The number of anilines is 1. The van der Waals surface area contributed by atoms with Gasteiger partial charge in [-0.1, -0.05) is 0 Å². The third-order valence-corrected chi connectivity index (χ3v) is 5.31. The Bertz CT molecular complexity index is 572. The number of hydrogen-bond acceptors (Lipinski definition) is 5. The van der Waals surface area contributed by atoms with Crippen LogP contribution in [0.15, 0.2) is 11.7 Å². The maximum atomic E-state index is 4.39. The molecule has 20 heavy (non-hydrogen) atoms. The Morgan fingerprint density at radius 1 is 1.35 bits per heavy atom. The Labute approximate surface area is 124 Å². The topological polar surface area (TPSA) is 41.0 Å². The number of hydrogen-bond donors (Lipinski definition) is 1. The molecule has 1 fully saturated rings. The van der Waals surface area contributed by atoms with Gasteiger partial charge in [0.1, 0.15) is 12.1 Å². The van der Waals surface area contributed by atoms with Crippen LogP contribution in [0.2, 0.25) is 0 Å². The van der Waals surface area contributed by atoms with E-state index in [1.165, 1.54) is 42.6 Å². The summed E-state index contributed by atoms with van der Waals surface area (Å²) in [6.07, 6.45) is 5.56. The fourth-order valence-corrected chi connectivity index (χ4v) is 3.81. The Kier molecular flexibility index (Phi) is 4.17. The summed E-state index contributed by atoms with van der Waals surface area (Å²) >= 11 is 1.73. The first-order valence-electron chi connectivity index (χ1n) is 7.35. The zero-order chi connectivity index (χ0) is 13.9. The summed E-state index contributed by atoms with van der Waals surface area (Å²) in [5.74, 6) is 1.86. The van der Waals surface area contributed by atoms with Crippen molar-refractivity contribution in [2.45, 2.75) is 26.2 Å². The van der Waals surface area contributed by atoms with Crippen molar-refractivity contribution >= 4 is 27.4 Å². The summed E-state index contributed by atoms with van der Waals surface area (Å²) < 4.78 is 1.19. The smallest absolute Gasteiger partial charge is 0.147 e. The van der Waals surface area contributed by atoms with Gasteiger partial charge in [0.2, 0.25) is 0 Å². The molecule has 0 bridgehead atoms. The zero-order valence-electron chi connectivity index (χ0n) is 12.2. The quantitative estimate of drug-likeness (QED) is 0.939. The predicted molar refractivity (Wildman–Crippen MR) is 85.5 cm³/mol. The molecule has 0 atom stereocenters. The molecule has 0 unspecified atom stereocenters. The molecule has 1 N–H and O–H groups in total. The number of nitrogens with one attached hydrogen (secondary N) is 1. The highest BCUT2D eigenvalue weighted by molar-refractivity contribution is 7.18. The van der Waals surface area contributed by atoms with Crippen LogP contribution in [-0.4, -0.2) is 41.5 Å². The summed E-state index contributed by atoms with van der Waals surface area (Å²) in [6.45, 7) is 5.60. The van der Waals surface area contributed by atoms with Crippen LogP contribution in [0.3, 0.4) is 0 Å². The van der Waals surface area contributed by atoms with Gasteiger partial charge in [0.15, 0.2) is 0 Å². The van der Waals surface area contributed by atoms with Gasteiger partial charge in [-0.3, -0.25) is 0 Å². The molecule has 108 valence electrons. The van der Waals surface area contributed by atoms with E-state index in [1.807, 2.05) is 0 Å². The van der Waals surface area contributed by atoms with Crippen molar-refractivity contribution in [3.8, 4) is 0 Å². The van der Waals surface area contributed by atoms with Crippen LogP contribution in [0, 0.1) is 12.8 Å². The number of rotatable bonds is 4. The highest BCUT2D eigenvalue weighted by Crippen LogP contribution is 2.28. The molecule has 0 amide bonds. The van der Waals surface area contributed by atoms with Crippen molar-refractivity contribution in [2.75, 3.05) is 32.0 Å². The van der Waals surface area contributed by atoms with E-state index in [2.05, 4.69) is 39.5 Å². The van der Waals surface area contributed by atoms with E-state index in [1.54, 1.807) is 17.7 Å². The van der Waals surface area contributed by atoms with Gasteiger partial charge in [-0.25, -0.2) is 9.97 Å². The number of fused-ring (bicyclic) bond motifs is 1. The second-order valence-electron chi connectivity index (χ2n) is 5.78. The number of likely N-dealkylation sites (tertiary alicyclic amines) is 1. The number of nitrogens with zero attached hydrogens (tertiary/aromatic N) is 3. The fourth-order valence-electron chi connectivity index (χ4n) is 2.84. The molecule has 0 aliphatic carbocycles. The maximum Gasteiger partial charge on any atom is 0.147 e. The normalized spacial score (nSPS) is 17.7. The Balaban J connectivity index is 1.57. The van der Waals surface area contributed by atoms with Crippen molar-refractivity contribution in [1.82, 2.24) is 14.9 Å². The van der Waals surface area contributed by atoms with E-state index >= 15 is 0 Å². The van der Waals surface area contributed by atoms with E-state index in [-0.39, 0.29) is 0 Å². The van der Waals surface area contributed by atoms with E-state index in [0.717, 1.165) is 23.8 Å². The minimum atomic E-state index is 0.862. The third-order valence-electron chi connectivity index (χ3n) is 4.21. The van der Waals surface area contributed by atoms with Gasteiger partial charge in [0.25, 0.3) is 0 Å². The van der Waals surface area contributed by atoms with Crippen molar-refractivity contribution in [1.29, 1.82) is 0 Å². The number of aryl methyl sites for hydroxylation is 1. The molecule has 0 radical (unpaired) electrons. The minimum absolute atomic E-state index is 0.862. The van der Waals surface area contributed by atoms with Gasteiger partial charge < -0.3 is 10.2 Å². The zero-order valence-corrected chi connectivity index (χ0v) is 13.0. The van der Waals surface area contributed by atoms with E-state index in [0.29, 0.717) is 0 Å². The molecule has 1 saturated heterocycles. The van der Waals surface area contributed by atoms with Gasteiger partial charge >= 0.3 is 0 Å². The van der Waals surface area contributed by atoms with Crippen molar-refractivity contribution in [3.63, 3.8) is 0 Å². The standard InChI is InChI=1S/C15H22N4S/c1-11-9-20-14-13(11)17-10-18-15(14)16-6-3-12-4-7-19(2)8-5-12/h9-10,12H,3-8H2,1-2H3,(H,16,17,18). The molecule has 0 aromatic carbocycles. The summed E-state index contributed by atoms with van der Waals surface area (Å²) in [5, 5.41) is 5.66. The molecular weight excluding hydrogens is 268 g/mol. The molecular formula is C15H22N4S. The first-order chi connectivity index (χ1) is 9.74. The molecule has 5 heteroatoms. The average molecular weight is 290 g/mol. The lowest BCUT2D eigenvalue weighted by Gasteiger charge is -2.28. The molecule has 3 rings (SSSR count). The van der Waals surface area contributed by atoms with Gasteiger partial charge in [-0.2, -0.15) is 0 Å². The molecule has 2 aromatic heterocycles. The van der Waals surface area contributed by atoms with Crippen LogP contribution < -0.4 is 5.32 Å². The van der Waals surface area contributed by atoms with Crippen LogP contribution in [0.1, 0.15) is 24.8 Å². The number of thiophene rings is 1. The van der Waals surface area contributed by atoms with Crippen LogP contribution in [-0.2, 0) is 0 Å². The summed E-state index contributed by atoms with van der Waals surface area (Å²) in [7, 11) is 2.21. The highest BCUT2D eigenvalue weighted by atomic mass is 32.1. The lowest BCUT2D eigenvalue weighted by Crippen LogP contribution is -2.30. The predicted octanol–water partition coefficient (Wildman–Crippen LogP) is 3.14. The van der Waals surface area contributed by atoms with Crippen LogP contribution in [0.25, 0.3) is 10.2 Å². The lowest BCUT2D eigenvalue weighted by molar-refractivity contribution is 0.215. The van der Waals surface area contributed by atoms with E-state index in [9.17, 15) is 0 Å². The van der Waals surface area contributed by atoms with E-state index in [4.69, 9.17) is 0 Å². The summed E-state index contributed by atoms with van der Waals surface area (Å²) in [4.78, 5) is 11.2. The second kappa shape index (κ2) is 6.06. The first-order valence-corrected chi connectivity index (χ1v) is 8.23. The maximum absolute atomic E-state index is 4.39. The van der Waals surface area contributed by atoms with Gasteiger partial charge in [0, 0.05) is 6.54 Å². The number of aromatic nitrogens is 2. The van der Waals surface area contributed by atoms with Crippen LogP contribution in [0.5, 0.6) is 0 Å². The molecule has 0 spiro atoms. The van der Waals surface area contributed by atoms with Crippen molar-refractivity contribution in [3.05, 3.63) is 17.3 Å². The lowest BCUT2D eigenvalue weighted by atomic mass is 9.94. The molecule has 4 nitrogen and oxygen atoms in total. The number of piperidine rings is 1. The SMILES string of the molecule is Cc1csc2c(NCCC3CCN(C)CC3)ncnc12. The Morgan fingerprint density at radius 2 is 2.15 bits per heavy atom. The van der Waals surface area contributed by atoms with Crippen LogP contribution >= 0.6 is 11.3 Å². The van der Waals surface area contributed by atoms with Gasteiger partial charge in [-0.05, 0) is 63.2 Å².